The van der Waals surface area contributed by atoms with Crippen molar-refractivity contribution in [2.24, 2.45) is 0 Å². The van der Waals surface area contributed by atoms with Crippen LogP contribution in [0.5, 0.6) is 5.75 Å². The fourth-order valence-electron chi connectivity index (χ4n) is 3.81. The second-order valence-corrected chi connectivity index (χ2v) is 10.2. The summed E-state index contributed by atoms with van der Waals surface area (Å²) in [5.41, 5.74) is 2.16. The highest BCUT2D eigenvalue weighted by Gasteiger charge is 2.30. The lowest BCUT2D eigenvalue weighted by atomic mass is 10.1. The summed E-state index contributed by atoms with van der Waals surface area (Å²) in [4.78, 5) is 11.2. The summed E-state index contributed by atoms with van der Waals surface area (Å²) in [6, 6.07) is 12.5. The van der Waals surface area contributed by atoms with Crippen molar-refractivity contribution < 1.29 is 17.5 Å². The maximum absolute atomic E-state index is 13.3. The smallest absolute Gasteiger partial charge is 0.243 e. The molecule has 4 aromatic rings. The summed E-state index contributed by atoms with van der Waals surface area (Å²) < 4.78 is 51.3. The van der Waals surface area contributed by atoms with Crippen molar-refractivity contribution in [3.8, 4) is 17.0 Å². The minimum absolute atomic E-state index is 0.243. The molecule has 2 aromatic heterocycles. The standard InChI is InChI=1S/C22H20FN5O3S2/c1-31-17-6-8-18(9-7-17)33(29,30)28-12-10-27(11-13-28)22-21-20(24-14-25-22)19(26-32-21)15-2-4-16(23)5-3-15/h2-9,14H,10-13H2,1H3. The van der Waals surface area contributed by atoms with Gasteiger partial charge in [0.05, 0.1) is 12.0 Å². The van der Waals surface area contributed by atoms with Crippen LogP contribution in [0.4, 0.5) is 10.2 Å². The fourth-order valence-corrected chi connectivity index (χ4v) is 6.11. The van der Waals surface area contributed by atoms with Crippen LogP contribution in [0, 0.1) is 5.82 Å². The van der Waals surface area contributed by atoms with Gasteiger partial charge in [0, 0.05) is 31.7 Å². The number of hydrogen-bond donors (Lipinski definition) is 0. The Morgan fingerprint density at radius 3 is 2.33 bits per heavy atom. The zero-order valence-corrected chi connectivity index (χ0v) is 19.3. The third-order valence-corrected chi connectivity index (χ3v) is 8.34. The summed E-state index contributed by atoms with van der Waals surface area (Å²) in [7, 11) is -2.05. The molecule has 0 N–H and O–H groups in total. The normalized spacial score (nSPS) is 15.2. The Morgan fingerprint density at radius 1 is 0.970 bits per heavy atom. The molecular formula is C22H20FN5O3S2. The van der Waals surface area contributed by atoms with Crippen molar-refractivity contribution in [3.63, 3.8) is 0 Å². The van der Waals surface area contributed by atoms with Gasteiger partial charge in [-0.1, -0.05) is 0 Å². The predicted octanol–water partition coefficient (Wildman–Crippen LogP) is 3.41. The summed E-state index contributed by atoms with van der Waals surface area (Å²) in [5, 5.41) is 0. The summed E-state index contributed by atoms with van der Waals surface area (Å²) >= 11 is 1.29. The van der Waals surface area contributed by atoms with Crippen LogP contribution in [0.1, 0.15) is 0 Å². The van der Waals surface area contributed by atoms with Crippen molar-refractivity contribution in [1.82, 2.24) is 18.6 Å². The van der Waals surface area contributed by atoms with E-state index < -0.39 is 10.0 Å². The molecule has 0 saturated carbocycles. The van der Waals surface area contributed by atoms with E-state index in [1.807, 2.05) is 0 Å². The molecule has 5 rings (SSSR count). The monoisotopic (exact) mass is 485 g/mol. The quantitative estimate of drug-likeness (QED) is 0.428. The number of piperazine rings is 1. The second-order valence-electron chi connectivity index (χ2n) is 7.48. The fraction of sp³-hybridized carbons (Fsp3) is 0.227. The zero-order valence-electron chi connectivity index (χ0n) is 17.7. The molecule has 3 heterocycles. The van der Waals surface area contributed by atoms with Gasteiger partial charge in [-0.15, -0.1) is 0 Å². The number of halogens is 1. The van der Waals surface area contributed by atoms with Crippen LogP contribution in [0.2, 0.25) is 0 Å². The average molecular weight is 486 g/mol. The molecule has 11 heteroatoms. The van der Waals surface area contributed by atoms with Gasteiger partial charge >= 0.3 is 0 Å². The average Bonchev–Trinajstić information content (AvgIpc) is 3.29. The number of anilines is 1. The number of fused-ring (bicyclic) bond motifs is 1. The van der Waals surface area contributed by atoms with Gasteiger partial charge in [0.2, 0.25) is 10.0 Å². The van der Waals surface area contributed by atoms with Gasteiger partial charge in [-0.05, 0) is 60.1 Å². The molecule has 33 heavy (non-hydrogen) atoms. The third-order valence-electron chi connectivity index (χ3n) is 5.59. The minimum Gasteiger partial charge on any atom is -0.497 e. The molecule has 0 bridgehead atoms. The van der Waals surface area contributed by atoms with Crippen LogP contribution in [-0.4, -0.2) is 60.4 Å². The van der Waals surface area contributed by atoms with Crippen molar-refractivity contribution in [1.29, 1.82) is 0 Å². The molecule has 0 aliphatic carbocycles. The molecule has 170 valence electrons. The number of nitrogens with zero attached hydrogens (tertiary/aromatic N) is 5. The molecule has 1 aliphatic heterocycles. The van der Waals surface area contributed by atoms with Gasteiger partial charge in [-0.3, -0.25) is 0 Å². The minimum atomic E-state index is -3.59. The molecule has 1 aliphatic rings. The molecule has 0 amide bonds. The molecule has 1 fully saturated rings. The largest absolute Gasteiger partial charge is 0.497 e. The number of rotatable bonds is 5. The SMILES string of the molecule is COc1ccc(S(=O)(=O)N2CCN(c3ncnc4c(-c5ccc(F)cc5)nsc34)CC2)cc1. The number of sulfonamides is 1. The first-order valence-corrected chi connectivity index (χ1v) is 12.4. The second kappa shape index (κ2) is 8.65. The zero-order chi connectivity index (χ0) is 23.0. The van der Waals surface area contributed by atoms with Crippen molar-refractivity contribution in [3.05, 3.63) is 60.7 Å². The van der Waals surface area contributed by atoms with Crippen LogP contribution < -0.4 is 9.64 Å². The van der Waals surface area contributed by atoms with Crippen LogP contribution in [0.25, 0.3) is 21.5 Å². The first kappa shape index (κ1) is 21.7. The van der Waals surface area contributed by atoms with Crippen LogP contribution >= 0.6 is 11.5 Å². The van der Waals surface area contributed by atoms with Crippen LogP contribution in [-0.2, 0) is 10.0 Å². The van der Waals surface area contributed by atoms with E-state index in [1.165, 1.54) is 34.3 Å². The van der Waals surface area contributed by atoms with Crippen molar-refractivity contribution in [2.45, 2.75) is 4.90 Å². The van der Waals surface area contributed by atoms with E-state index in [0.29, 0.717) is 43.1 Å². The lowest BCUT2D eigenvalue weighted by molar-refractivity contribution is 0.384. The lowest BCUT2D eigenvalue weighted by Crippen LogP contribution is -2.48. The first-order valence-electron chi connectivity index (χ1n) is 10.2. The van der Waals surface area contributed by atoms with E-state index in [0.717, 1.165) is 16.1 Å². The third kappa shape index (κ3) is 4.03. The summed E-state index contributed by atoms with van der Waals surface area (Å²) in [5.74, 6) is 1.03. The Labute approximate surface area is 194 Å². The number of benzene rings is 2. The molecule has 0 unspecified atom stereocenters. The van der Waals surface area contributed by atoms with Crippen molar-refractivity contribution in [2.75, 3.05) is 38.2 Å². The van der Waals surface area contributed by atoms with Gasteiger partial charge in [-0.25, -0.2) is 22.8 Å². The van der Waals surface area contributed by atoms with E-state index in [1.54, 1.807) is 43.5 Å². The van der Waals surface area contributed by atoms with E-state index in [-0.39, 0.29) is 10.7 Å². The van der Waals surface area contributed by atoms with Gasteiger partial charge in [0.15, 0.2) is 5.82 Å². The topological polar surface area (TPSA) is 88.5 Å². The lowest BCUT2D eigenvalue weighted by Gasteiger charge is -2.34. The van der Waals surface area contributed by atoms with E-state index in [2.05, 4.69) is 19.2 Å². The Morgan fingerprint density at radius 2 is 1.67 bits per heavy atom. The van der Waals surface area contributed by atoms with Gasteiger partial charge in [0.25, 0.3) is 0 Å². The Kier molecular flexibility index (Phi) is 5.69. The maximum atomic E-state index is 13.3. The van der Waals surface area contributed by atoms with Gasteiger partial charge in [-0.2, -0.15) is 8.68 Å². The highest BCUT2D eigenvalue weighted by molar-refractivity contribution is 7.89. The number of ether oxygens (including phenoxy) is 1. The maximum Gasteiger partial charge on any atom is 0.243 e. The Hall–Kier alpha value is -3.15. The first-order chi connectivity index (χ1) is 16.0. The summed E-state index contributed by atoms with van der Waals surface area (Å²) in [6.45, 7) is 1.66. The Bertz CT molecular complexity index is 1380. The molecule has 1 saturated heterocycles. The van der Waals surface area contributed by atoms with E-state index in [4.69, 9.17) is 4.74 Å². The van der Waals surface area contributed by atoms with Gasteiger partial charge in [0.1, 0.15) is 33.8 Å². The number of hydrogen-bond acceptors (Lipinski definition) is 8. The predicted molar refractivity (Wildman–Crippen MR) is 125 cm³/mol. The summed E-state index contributed by atoms with van der Waals surface area (Å²) in [6.07, 6.45) is 1.49. The van der Waals surface area contributed by atoms with Crippen LogP contribution in [0.3, 0.4) is 0 Å². The van der Waals surface area contributed by atoms with E-state index in [9.17, 15) is 12.8 Å². The highest BCUT2D eigenvalue weighted by Crippen LogP contribution is 2.34. The van der Waals surface area contributed by atoms with Crippen molar-refractivity contribution >= 4 is 37.6 Å². The molecule has 2 aromatic carbocycles. The number of methoxy groups -OCH3 is 1. The molecular weight excluding hydrogens is 465 g/mol. The number of aromatic nitrogens is 3. The Balaban J connectivity index is 1.37. The molecule has 8 nitrogen and oxygen atoms in total. The molecule has 0 spiro atoms. The van der Waals surface area contributed by atoms with Crippen LogP contribution in [0.15, 0.2) is 59.8 Å². The van der Waals surface area contributed by atoms with E-state index >= 15 is 0 Å². The molecule has 0 atom stereocenters. The highest BCUT2D eigenvalue weighted by atomic mass is 32.2. The van der Waals surface area contributed by atoms with Gasteiger partial charge < -0.3 is 9.64 Å². The molecule has 0 radical (unpaired) electrons.